The van der Waals surface area contributed by atoms with Crippen molar-refractivity contribution in [1.29, 1.82) is 0 Å². The average Bonchev–Trinajstić information content (AvgIpc) is 2.56. The third kappa shape index (κ3) is 2.72. The molecule has 2 nitrogen and oxygen atoms in total. The molecule has 0 heterocycles. The van der Waals surface area contributed by atoms with Gasteiger partial charge in [0.25, 0.3) is 0 Å². The Morgan fingerprint density at radius 1 is 0.476 bits per heavy atom. The number of aliphatic hydroxyl groups is 1. The summed E-state index contributed by atoms with van der Waals surface area (Å²) >= 11 is 0. The van der Waals surface area contributed by atoms with E-state index in [2.05, 4.69) is 0 Å². The minimum absolute atomic E-state index is 0. The highest BCUT2D eigenvalue weighted by Gasteiger charge is 2.33. The highest BCUT2D eigenvalue weighted by molar-refractivity contribution is 5.46. The number of benzene rings is 3. The van der Waals surface area contributed by atoms with Gasteiger partial charge in [-0.25, -0.2) is 0 Å². The molecule has 0 amide bonds. The van der Waals surface area contributed by atoms with Crippen molar-refractivity contribution < 1.29 is 5.11 Å². The van der Waals surface area contributed by atoms with E-state index in [1.165, 1.54) is 0 Å². The number of hydrogen-bond donors (Lipinski definition) is 2. The molecule has 0 bridgehead atoms. The van der Waals surface area contributed by atoms with E-state index in [9.17, 15) is 5.11 Å². The van der Waals surface area contributed by atoms with Crippen LogP contribution in [0.4, 0.5) is 0 Å². The second-order valence-corrected chi connectivity index (χ2v) is 4.81. The maximum Gasteiger partial charge on any atom is 0.140 e. The summed E-state index contributed by atoms with van der Waals surface area (Å²) in [6, 6.07) is 29.3. The molecule has 0 aliphatic rings. The van der Waals surface area contributed by atoms with Crippen LogP contribution in [0.2, 0.25) is 0 Å². The molecule has 0 atom stereocenters. The second kappa shape index (κ2) is 6.35. The van der Waals surface area contributed by atoms with Crippen molar-refractivity contribution in [3.05, 3.63) is 108 Å². The van der Waals surface area contributed by atoms with Crippen molar-refractivity contribution in [2.75, 3.05) is 0 Å². The molecule has 4 N–H and O–H groups in total. The van der Waals surface area contributed by atoms with Gasteiger partial charge in [0.1, 0.15) is 5.60 Å². The molecule has 0 aromatic heterocycles. The summed E-state index contributed by atoms with van der Waals surface area (Å²) in [6.07, 6.45) is 0. The summed E-state index contributed by atoms with van der Waals surface area (Å²) in [4.78, 5) is 0. The van der Waals surface area contributed by atoms with Crippen LogP contribution in [0.3, 0.4) is 0 Å². The molecular weight excluding hydrogens is 258 g/mol. The molecule has 3 aromatic rings. The van der Waals surface area contributed by atoms with E-state index in [1.807, 2.05) is 91.0 Å². The van der Waals surface area contributed by atoms with Gasteiger partial charge in [-0.1, -0.05) is 91.0 Å². The van der Waals surface area contributed by atoms with E-state index in [-0.39, 0.29) is 6.15 Å². The van der Waals surface area contributed by atoms with Crippen LogP contribution in [-0.4, -0.2) is 5.11 Å². The molecule has 106 valence electrons. The first-order valence-corrected chi connectivity index (χ1v) is 6.71. The molecule has 0 spiro atoms. The van der Waals surface area contributed by atoms with E-state index in [0.29, 0.717) is 0 Å². The molecule has 0 saturated carbocycles. The first-order chi connectivity index (χ1) is 9.82. The molecular formula is C19H19NO. The molecule has 21 heavy (non-hydrogen) atoms. The van der Waals surface area contributed by atoms with Crippen molar-refractivity contribution in [3.8, 4) is 0 Å². The maximum atomic E-state index is 11.4. The monoisotopic (exact) mass is 277 g/mol. The van der Waals surface area contributed by atoms with Crippen molar-refractivity contribution in [2.45, 2.75) is 5.60 Å². The zero-order valence-corrected chi connectivity index (χ0v) is 11.8. The molecule has 2 heteroatoms. The standard InChI is InChI=1S/C19H16O.H3N/c20-19(16-10-4-1-5-11-16,17-12-6-2-7-13-17)18-14-8-3-9-15-18;/h1-15,20H;1H3. The second-order valence-electron chi connectivity index (χ2n) is 4.81. The minimum atomic E-state index is -1.12. The lowest BCUT2D eigenvalue weighted by molar-refractivity contribution is 0.125. The van der Waals surface area contributed by atoms with E-state index < -0.39 is 5.60 Å². The fraction of sp³-hybridized carbons (Fsp3) is 0.0526. The van der Waals surface area contributed by atoms with E-state index in [4.69, 9.17) is 0 Å². The summed E-state index contributed by atoms with van der Waals surface area (Å²) in [7, 11) is 0. The van der Waals surface area contributed by atoms with E-state index in [1.54, 1.807) is 0 Å². The molecule has 0 radical (unpaired) electrons. The fourth-order valence-electron chi connectivity index (χ4n) is 2.54. The van der Waals surface area contributed by atoms with Crippen LogP contribution in [0, 0.1) is 0 Å². The lowest BCUT2D eigenvalue weighted by atomic mass is 9.80. The molecule has 3 rings (SSSR count). The SMILES string of the molecule is N.OC(c1ccccc1)(c1ccccc1)c1ccccc1. The lowest BCUT2D eigenvalue weighted by Gasteiger charge is -2.30. The highest BCUT2D eigenvalue weighted by atomic mass is 16.3. The first-order valence-electron chi connectivity index (χ1n) is 6.71. The summed E-state index contributed by atoms with van der Waals surface area (Å²) in [5.74, 6) is 0. The van der Waals surface area contributed by atoms with Gasteiger partial charge in [0.05, 0.1) is 0 Å². The highest BCUT2D eigenvalue weighted by Crippen LogP contribution is 2.36. The average molecular weight is 277 g/mol. The molecule has 0 fully saturated rings. The Morgan fingerprint density at radius 2 is 0.714 bits per heavy atom. The Balaban J connectivity index is 0.00000161. The largest absolute Gasteiger partial charge is 0.376 e. The summed E-state index contributed by atoms with van der Waals surface area (Å²) in [5, 5.41) is 11.4. The molecule has 0 saturated heterocycles. The zero-order chi connectivity index (χ0) is 13.8. The Labute approximate surface area is 125 Å². The van der Waals surface area contributed by atoms with Crippen LogP contribution < -0.4 is 6.15 Å². The summed E-state index contributed by atoms with van der Waals surface area (Å²) in [6.45, 7) is 0. The van der Waals surface area contributed by atoms with Crippen molar-refractivity contribution in [1.82, 2.24) is 6.15 Å². The third-order valence-electron chi connectivity index (χ3n) is 3.57. The van der Waals surface area contributed by atoms with Gasteiger partial charge in [-0.3, -0.25) is 0 Å². The molecule has 0 aliphatic carbocycles. The van der Waals surface area contributed by atoms with Crippen LogP contribution >= 0.6 is 0 Å². The summed E-state index contributed by atoms with van der Waals surface area (Å²) < 4.78 is 0. The smallest absolute Gasteiger partial charge is 0.140 e. The number of hydrogen-bond acceptors (Lipinski definition) is 2. The molecule has 0 aliphatic heterocycles. The lowest BCUT2D eigenvalue weighted by Crippen LogP contribution is -2.28. The Hall–Kier alpha value is -2.42. The first kappa shape index (κ1) is 15.0. The molecule has 0 unspecified atom stereocenters. The van der Waals surface area contributed by atoms with Gasteiger partial charge in [-0.2, -0.15) is 0 Å². The number of rotatable bonds is 3. The van der Waals surface area contributed by atoms with Crippen molar-refractivity contribution in [3.63, 3.8) is 0 Å². The zero-order valence-electron chi connectivity index (χ0n) is 11.8. The Bertz CT molecular complexity index is 569. The van der Waals surface area contributed by atoms with Gasteiger partial charge < -0.3 is 11.3 Å². The van der Waals surface area contributed by atoms with E-state index in [0.717, 1.165) is 16.7 Å². The third-order valence-corrected chi connectivity index (χ3v) is 3.57. The Kier molecular flexibility index (Phi) is 4.53. The quantitative estimate of drug-likeness (QED) is 0.707. The van der Waals surface area contributed by atoms with Gasteiger partial charge in [-0.05, 0) is 16.7 Å². The Morgan fingerprint density at radius 3 is 0.952 bits per heavy atom. The van der Waals surface area contributed by atoms with Gasteiger partial charge >= 0.3 is 0 Å². The van der Waals surface area contributed by atoms with Gasteiger partial charge in [-0.15, -0.1) is 0 Å². The van der Waals surface area contributed by atoms with Crippen molar-refractivity contribution in [2.24, 2.45) is 0 Å². The van der Waals surface area contributed by atoms with Crippen LogP contribution in [0.15, 0.2) is 91.0 Å². The van der Waals surface area contributed by atoms with Gasteiger partial charge in [0.15, 0.2) is 0 Å². The topological polar surface area (TPSA) is 55.2 Å². The summed E-state index contributed by atoms with van der Waals surface area (Å²) in [5.41, 5.74) is 1.50. The van der Waals surface area contributed by atoms with Crippen LogP contribution in [0.1, 0.15) is 16.7 Å². The maximum absolute atomic E-state index is 11.4. The fourth-order valence-corrected chi connectivity index (χ4v) is 2.54. The molecule has 3 aromatic carbocycles. The van der Waals surface area contributed by atoms with Crippen LogP contribution in [-0.2, 0) is 5.60 Å². The van der Waals surface area contributed by atoms with Gasteiger partial charge in [0, 0.05) is 0 Å². The normalized spacial score (nSPS) is 10.7. The van der Waals surface area contributed by atoms with Crippen molar-refractivity contribution >= 4 is 0 Å². The predicted octanol–water partition coefficient (Wildman–Crippen LogP) is 4.13. The van der Waals surface area contributed by atoms with E-state index >= 15 is 0 Å². The minimum Gasteiger partial charge on any atom is -0.376 e. The van der Waals surface area contributed by atoms with Crippen LogP contribution in [0.25, 0.3) is 0 Å². The van der Waals surface area contributed by atoms with Crippen LogP contribution in [0.5, 0.6) is 0 Å². The van der Waals surface area contributed by atoms with Gasteiger partial charge in [0.2, 0.25) is 0 Å². The predicted molar refractivity (Wildman–Crippen MR) is 86.4 cm³/mol.